The molecule has 0 saturated carbocycles. The van der Waals surface area contributed by atoms with Gasteiger partial charge in [0, 0.05) is 8.95 Å². The van der Waals surface area contributed by atoms with Crippen molar-refractivity contribution in [1.29, 1.82) is 0 Å². The molecular formula is C16H10Br2O3. The van der Waals surface area contributed by atoms with Gasteiger partial charge in [0.25, 0.3) is 0 Å². The number of hydrogen-bond acceptors (Lipinski definition) is 3. The minimum Gasteiger partial charge on any atom is -0.504 e. The lowest BCUT2D eigenvalue weighted by molar-refractivity contribution is 0.104. The second-order valence-electron chi connectivity index (χ2n) is 4.21. The van der Waals surface area contributed by atoms with Crippen LogP contribution in [0.2, 0.25) is 0 Å². The third kappa shape index (κ3) is 3.89. The molecule has 0 unspecified atom stereocenters. The second kappa shape index (κ2) is 6.83. The number of ketones is 1. The summed E-state index contributed by atoms with van der Waals surface area (Å²) in [6.07, 6.45) is 2.94. The molecular weight excluding hydrogens is 400 g/mol. The van der Waals surface area contributed by atoms with Crippen molar-refractivity contribution in [3.05, 3.63) is 78.8 Å². The first kappa shape index (κ1) is 15.7. The number of carbonyl (C=O) groups excluding carboxylic acids is 1. The van der Waals surface area contributed by atoms with Crippen LogP contribution in [0.25, 0.3) is 6.08 Å². The van der Waals surface area contributed by atoms with E-state index in [-0.39, 0.29) is 5.56 Å². The maximum absolute atomic E-state index is 12.2. The maximum Gasteiger partial charge on any atom is 0.220 e. The van der Waals surface area contributed by atoms with Gasteiger partial charge < -0.3 is 5.11 Å². The average Bonchev–Trinajstić information content (AvgIpc) is 2.60. The van der Waals surface area contributed by atoms with Crippen molar-refractivity contribution in [2.45, 2.75) is 0 Å². The van der Waals surface area contributed by atoms with E-state index in [1.54, 1.807) is 6.08 Å². The van der Waals surface area contributed by atoms with Gasteiger partial charge in [-0.05, 0) is 42.0 Å². The number of hydrogen-bond donors (Lipinski definition) is 1. The highest BCUT2D eigenvalue weighted by molar-refractivity contribution is 9.10. The predicted octanol–water partition coefficient (Wildman–Crippen LogP) is 4.17. The van der Waals surface area contributed by atoms with Crippen molar-refractivity contribution in [2.24, 2.45) is 0 Å². The first-order valence-corrected chi connectivity index (χ1v) is 7.57. The third-order valence-corrected chi connectivity index (χ3v) is 3.97. The van der Waals surface area contributed by atoms with Crippen molar-refractivity contribution < 1.29 is 9.90 Å². The molecule has 0 radical (unpaired) electrons. The third-order valence-electron chi connectivity index (χ3n) is 2.75. The van der Waals surface area contributed by atoms with Crippen molar-refractivity contribution in [1.82, 2.24) is 0 Å². The Balaban J connectivity index is 2.41. The smallest absolute Gasteiger partial charge is 0.220 e. The zero-order chi connectivity index (χ0) is 15.4. The van der Waals surface area contributed by atoms with Gasteiger partial charge in [0.2, 0.25) is 5.43 Å². The van der Waals surface area contributed by atoms with Crippen LogP contribution in [0.5, 0.6) is 5.75 Å². The highest BCUT2D eigenvalue weighted by Gasteiger charge is 2.11. The van der Waals surface area contributed by atoms with E-state index in [1.165, 1.54) is 24.3 Å². The van der Waals surface area contributed by atoms with Gasteiger partial charge >= 0.3 is 0 Å². The van der Waals surface area contributed by atoms with Crippen molar-refractivity contribution in [3.63, 3.8) is 0 Å². The van der Waals surface area contributed by atoms with Crippen LogP contribution in [-0.4, -0.2) is 10.9 Å². The van der Waals surface area contributed by atoms with E-state index in [0.29, 0.717) is 4.47 Å². The van der Waals surface area contributed by atoms with Crippen molar-refractivity contribution in [3.8, 4) is 5.75 Å². The summed E-state index contributed by atoms with van der Waals surface area (Å²) in [7, 11) is 0. The van der Waals surface area contributed by atoms with E-state index in [4.69, 9.17) is 0 Å². The summed E-state index contributed by atoms with van der Waals surface area (Å²) in [6.45, 7) is 0. The largest absolute Gasteiger partial charge is 0.504 e. The van der Waals surface area contributed by atoms with E-state index in [2.05, 4.69) is 31.9 Å². The first-order valence-electron chi connectivity index (χ1n) is 5.99. The second-order valence-corrected chi connectivity index (χ2v) is 5.98. The molecule has 5 heteroatoms. The van der Waals surface area contributed by atoms with E-state index < -0.39 is 17.0 Å². The number of aromatic hydroxyl groups is 1. The topological polar surface area (TPSA) is 54.4 Å². The molecule has 2 rings (SSSR count). The molecule has 0 spiro atoms. The van der Waals surface area contributed by atoms with Gasteiger partial charge in [-0.1, -0.05) is 50.1 Å². The fourth-order valence-corrected chi connectivity index (χ4v) is 2.45. The van der Waals surface area contributed by atoms with Gasteiger partial charge in [-0.3, -0.25) is 9.59 Å². The lowest BCUT2D eigenvalue weighted by Gasteiger charge is -1.98. The predicted molar refractivity (Wildman–Crippen MR) is 89.6 cm³/mol. The zero-order valence-electron chi connectivity index (χ0n) is 10.7. The quantitative estimate of drug-likeness (QED) is 0.611. The summed E-state index contributed by atoms with van der Waals surface area (Å²) in [6, 6.07) is 11.5. The lowest BCUT2D eigenvalue weighted by Crippen LogP contribution is -2.01. The molecule has 0 aliphatic carbocycles. The van der Waals surface area contributed by atoms with Crippen LogP contribution in [0.3, 0.4) is 0 Å². The van der Waals surface area contributed by atoms with Gasteiger partial charge in [0.15, 0.2) is 11.5 Å². The van der Waals surface area contributed by atoms with Crippen LogP contribution < -0.4 is 5.43 Å². The molecule has 21 heavy (non-hydrogen) atoms. The highest BCUT2D eigenvalue weighted by Crippen LogP contribution is 2.20. The minimum atomic E-state index is -0.599. The Morgan fingerprint density at radius 3 is 2.52 bits per heavy atom. The molecule has 0 saturated heterocycles. The van der Waals surface area contributed by atoms with Crippen LogP contribution in [0.4, 0.5) is 0 Å². The number of halogens is 2. The van der Waals surface area contributed by atoms with E-state index >= 15 is 0 Å². The number of rotatable bonds is 3. The molecule has 0 atom stereocenters. The van der Waals surface area contributed by atoms with E-state index in [0.717, 1.165) is 10.0 Å². The molecule has 0 aliphatic heterocycles. The monoisotopic (exact) mass is 408 g/mol. The number of benzene rings is 1. The number of carbonyl (C=O) groups is 1. The Kier molecular flexibility index (Phi) is 5.09. The lowest BCUT2D eigenvalue weighted by atomic mass is 10.1. The summed E-state index contributed by atoms with van der Waals surface area (Å²) in [5.41, 5.74) is 0.186. The molecule has 2 aromatic carbocycles. The van der Waals surface area contributed by atoms with Crippen LogP contribution in [0.1, 0.15) is 15.9 Å². The minimum absolute atomic E-state index is 0.0415. The Morgan fingerprint density at radius 2 is 1.81 bits per heavy atom. The van der Waals surface area contributed by atoms with Crippen LogP contribution >= 0.6 is 31.9 Å². The molecule has 0 aromatic heterocycles. The summed E-state index contributed by atoms with van der Waals surface area (Å²) in [5.74, 6) is -1.00. The Labute approximate surface area is 138 Å². The SMILES string of the molecule is O=C(C=Cc1ccccc1Br)c1cc(Br)ccc(=O)c1O. The molecule has 0 amide bonds. The van der Waals surface area contributed by atoms with Crippen LogP contribution in [0, 0.1) is 0 Å². The number of allylic oxidation sites excluding steroid dienone is 1. The first-order chi connectivity index (χ1) is 9.99. The fourth-order valence-electron chi connectivity index (χ4n) is 1.67. The average molecular weight is 410 g/mol. The molecule has 0 aliphatic rings. The Morgan fingerprint density at radius 1 is 1.10 bits per heavy atom. The summed E-state index contributed by atoms with van der Waals surface area (Å²) < 4.78 is 1.39. The van der Waals surface area contributed by atoms with Crippen LogP contribution in [0.15, 0.2) is 62.3 Å². The van der Waals surface area contributed by atoms with Gasteiger partial charge in [0.1, 0.15) is 0 Å². The van der Waals surface area contributed by atoms with Gasteiger partial charge in [-0.2, -0.15) is 0 Å². The van der Waals surface area contributed by atoms with Gasteiger partial charge in [-0.25, -0.2) is 0 Å². The van der Waals surface area contributed by atoms with E-state index in [1.807, 2.05) is 24.3 Å². The zero-order valence-corrected chi connectivity index (χ0v) is 13.9. The molecule has 2 aromatic rings. The molecule has 106 valence electrons. The molecule has 1 N–H and O–H groups in total. The summed E-state index contributed by atoms with van der Waals surface area (Å²) in [4.78, 5) is 23.7. The Hall–Kier alpha value is -1.72. The molecule has 3 nitrogen and oxygen atoms in total. The maximum atomic E-state index is 12.2. The van der Waals surface area contributed by atoms with E-state index in [9.17, 15) is 14.7 Å². The van der Waals surface area contributed by atoms with Crippen molar-refractivity contribution >= 4 is 43.7 Å². The standard InChI is InChI=1S/C16H10Br2O3/c17-11-6-8-15(20)16(21)12(9-11)14(19)7-5-10-3-1-2-4-13(10)18/h1-9H,(H,20,21). The molecule has 0 fully saturated rings. The fraction of sp³-hybridized carbons (Fsp3) is 0. The van der Waals surface area contributed by atoms with Gasteiger partial charge in [-0.15, -0.1) is 0 Å². The summed E-state index contributed by atoms with van der Waals surface area (Å²) >= 11 is 6.58. The normalized spacial score (nSPS) is 10.8. The molecule has 0 bridgehead atoms. The van der Waals surface area contributed by atoms with Crippen molar-refractivity contribution in [2.75, 3.05) is 0 Å². The summed E-state index contributed by atoms with van der Waals surface area (Å²) in [5, 5.41) is 9.81. The van der Waals surface area contributed by atoms with Gasteiger partial charge in [0.05, 0.1) is 5.56 Å². The van der Waals surface area contributed by atoms with Crippen LogP contribution in [-0.2, 0) is 0 Å². The molecule has 0 heterocycles. The highest BCUT2D eigenvalue weighted by atomic mass is 79.9. The Bertz CT molecular complexity index is 783.